The maximum atomic E-state index is 14.7. The van der Waals surface area contributed by atoms with Crippen molar-refractivity contribution in [2.45, 2.75) is 108 Å². The van der Waals surface area contributed by atoms with E-state index >= 15 is 0 Å². The van der Waals surface area contributed by atoms with Gasteiger partial charge in [-0.1, -0.05) is 61.4 Å². The Morgan fingerprint density at radius 2 is 1.48 bits per heavy atom. The quantitative estimate of drug-likeness (QED) is 0.146. The van der Waals surface area contributed by atoms with E-state index < -0.39 is 49.2 Å². The Hall–Kier alpha value is -3.48. The van der Waals surface area contributed by atoms with Crippen LogP contribution in [0, 0.1) is 11.8 Å². The second-order valence-corrected chi connectivity index (χ2v) is 18.2. The van der Waals surface area contributed by atoms with E-state index in [1.165, 1.54) is 19.4 Å². The number of fused-ring (bicyclic) bond motifs is 1. The summed E-state index contributed by atoms with van der Waals surface area (Å²) >= 11 is 0. The first-order valence-electron chi connectivity index (χ1n) is 17.8. The summed E-state index contributed by atoms with van der Waals surface area (Å²) in [6.45, 7) is 8.71. The highest BCUT2D eigenvalue weighted by Gasteiger charge is 2.61. The number of aryl methyl sites for hydroxylation is 1. The summed E-state index contributed by atoms with van der Waals surface area (Å²) in [7, 11) is -4.16. The molecule has 0 aromatic heterocycles. The molecule has 1 saturated carbocycles. The molecular weight excluding hydrogens is 655 g/mol. The molecule has 0 spiro atoms. The van der Waals surface area contributed by atoms with E-state index in [0.29, 0.717) is 31.1 Å². The number of piperidine rings is 1. The summed E-state index contributed by atoms with van der Waals surface area (Å²) in [5.74, 6) is -1.92. The normalized spacial score (nSPS) is 22.8. The summed E-state index contributed by atoms with van der Waals surface area (Å²) in [6.07, 6.45) is 7.69. The van der Waals surface area contributed by atoms with Crippen molar-refractivity contribution in [1.82, 2.24) is 20.9 Å². The number of unbranched alkanes of at least 4 members (excludes halogenated alkanes) is 1. The van der Waals surface area contributed by atoms with Crippen molar-refractivity contribution < 1.29 is 27.9 Å². The molecule has 2 fully saturated rings. The van der Waals surface area contributed by atoms with Crippen molar-refractivity contribution >= 4 is 33.2 Å². The SMILES string of the molecule is CC(C)(C)NC(=O)[C@]1(NC(=O)[C@](O)(NC(=O)CNc2ccccc2)C(C)(C)S(C)(=O)=O)C[C@@H]2CCCC[C@@H]2CN1CCCCc1ccccc1. The summed E-state index contributed by atoms with van der Waals surface area (Å²) in [6, 6.07) is 19.1. The number of hydrogen-bond acceptors (Lipinski definition) is 8. The summed E-state index contributed by atoms with van der Waals surface area (Å²) in [4.78, 5) is 44.6. The van der Waals surface area contributed by atoms with Crippen LogP contribution in [-0.4, -0.2) is 83.7 Å². The number of sulfone groups is 1. The standard InChI is InChI=1S/C38H57N5O6S/c1-35(2,3)41-33(45)37(25-29-20-13-14-21-30(29)27-43(37)24-16-15-19-28-17-9-7-10-18-28)42-34(46)38(47,36(4,5)50(6,48)49)40-32(44)26-39-31-22-11-8-12-23-31/h7-12,17-18,22-23,29-30,39,47H,13-16,19-21,24-27H2,1-6H3,(H,40,44)(H,41,45)(H,42,46)/t29-,30+,37-,38+/m0/s1. The van der Waals surface area contributed by atoms with Crippen LogP contribution in [0.5, 0.6) is 0 Å². The number of rotatable bonds is 14. The Morgan fingerprint density at radius 3 is 2.08 bits per heavy atom. The summed E-state index contributed by atoms with van der Waals surface area (Å²) in [5.41, 5.74) is -3.36. The molecule has 4 rings (SSSR count). The average molecular weight is 712 g/mol. The minimum Gasteiger partial charge on any atom is -0.376 e. The third-order valence-corrected chi connectivity index (χ3v) is 12.6. The Balaban J connectivity index is 1.70. The number of carbonyl (C=O) groups excluding carboxylic acids is 3. The molecule has 12 heteroatoms. The number of nitrogens with zero attached hydrogens (tertiary/aromatic N) is 1. The van der Waals surface area contributed by atoms with E-state index in [9.17, 15) is 27.9 Å². The lowest BCUT2D eigenvalue weighted by Crippen LogP contribution is -2.79. The van der Waals surface area contributed by atoms with E-state index in [0.717, 1.165) is 51.2 Å². The number of anilines is 1. The zero-order valence-corrected chi connectivity index (χ0v) is 31.4. The number of para-hydroxylation sites is 1. The Kier molecular flexibility index (Phi) is 12.4. The first-order chi connectivity index (χ1) is 23.4. The van der Waals surface area contributed by atoms with Crippen molar-refractivity contribution in [3.8, 4) is 0 Å². The van der Waals surface area contributed by atoms with Crippen molar-refractivity contribution in [3.63, 3.8) is 0 Å². The van der Waals surface area contributed by atoms with Crippen molar-refractivity contribution in [1.29, 1.82) is 0 Å². The molecule has 11 nitrogen and oxygen atoms in total. The smallest absolute Gasteiger partial charge is 0.276 e. The number of carbonyl (C=O) groups is 3. The number of hydrogen-bond donors (Lipinski definition) is 5. The van der Waals surface area contributed by atoms with Crippen molar-refractivity contribution in [3.05, 3.63) is 66.2 Å². The maximum Gasteiger partial charge on any atom is 0.276 e. The molecule has 2 aromatic rings. The van der Waals surface area contributed by atoms with Gasteiger partial charge in [0.2, 0.25) is 11.6 Å². The van der Waals surface area contributed by atoms with Crippen LogP contribution in [0.1, 0.15) is 85.1 Å². The second-order valence-electron chi connectivity index (χ2n) is 15.7. The fourth-order valence-corrected chi connectivity index (χ4v) is 7.86. The van der Waals surface area contributed by atoms with Gasteiger partial charge in [-0.15, -0.1) is 0 Å². The summed E-state index contributed by atoms with van der Waals surface area (Å²) < 4.78 is 24.2. The van der Waals surface area contributed by atoms with E-state index in [2.05, 4.69) is 33.4 Å². The minimum absolute atomic E-state index is 0.135. The molecule has 1 aliphatic carbocycles. The molecule has 1 heterocycles. The van der Waals surface area contributed by atoms with E-state index in [-0.39, 0.29) is 12.5 Å². The van der Waals surface area contributed by atoms with Gasteiger partial charge in [0.05, 0.1) is 6.54 Å². The zero-order chi connectivity index (χ0) is 36.8. The van der Waals surface area contributed by atoms with Crippen LogP contribution in [0.2, 0.25) is 0 Å². The van der Waals surface area contributed by atoms with Crippen LogP contribution in [-0.2, 0) is 30.6 Å². The molecule has 276 valence electrons. The van der Waals surface area contributed by atoms with Gasteiger partial charge in [-0.05, 0) is 103 Å². The highest BCUT2D eigenvalue weighted by molar-refractivity contribution is 7.92. The van der Waals surface area contributed by atoms with E-state index in [1.807, 2.05) is 49.9 Å². The van der Waals surface area contributed by atoms with Gasteiger partial charge in [0.25, 0.3) is 11.8 Å². The van der Waals surface area contributed by atoms with Crippen molar-refractivity contribution in [2.75, 3.05) is 31.2 Å². The maximum absolute atomic E-state index is 14.7. The van der Waals surface area contributed by atoms with Gasteiger partial charge < -0.3 is 26.4 Å². The highest BCUT2D eigenvalue weighted by atomic mass is 32.2. The molecule has 0 radical (unpaired) electrons. The molecule has 4 atom stereocenters. The van der Waals surface area contributed by atoms with Crippen LogP contribution < -0.4 is 21.3 Å². The molecule has 2 aliphatic rings. The predicted molar refractivity (Wildman–Crippen MR) is 197 cm³/mol. The van der Waals surface area contributed by atoms with Gasteiger partial charge in [0, 0.05) is 30.6 Å². The summed E-state index contributed by atoms with van der Waals surface area (Å²) in [5, 5.41) is 23.5. The van der Waals surface area contributed by atoms with Gasteiger partial charge in [0.1, 0.15) is 4.75 Å². The molecule has 2 aromatic carbocycles. The molecule has 5 N–H and O–H groups in total. The van der Waals surface area contributed by atoms with Gasteiger partial charge in [0.15, 0.2) is 15.5 Å². The number of benzene rings is 2. The fraction of sp³-hybridized carbons (Fsp3) is 0.605. The average Bonchev–Trinajstić information content (AvgIpc) is 3.05. The third-order valence-electron chi connectivity index (χ3n) is 10.5. The Labute approximate surface area is 298 Å². The number of amides is 3. The molecule has 0 unspecified atom stereocenters. The Morgan fingerprint density at radius 1 is 0.880 bits per heavy atom. The molecule has 1 aliphatic heterocycles. The molecular formula is C38H57N5O6S. The monoisotopic (exact) mass is 711 g/mol. The number of aliphatic hydroxyl groups is 1. The lowest BCUT2D eigenvalue weighted by molar-refractivity contribution is -0.165. The lowest BCUT2D eigenvalue weighted by atomic mass is 9.70. The topological polar surface area (TPSA) is 157 Å². The van der Waals surface area contributed by atoms with Gasteiger partial charge in [-0.2, -0.15) is 0 Å². The van der Waals surface area contributed by atoms with Crippen LogP contribution in [0.25, 0.3) is 0 Å². The highest BCUT2D eigenvalue weighted by Crippen LogP contribution is 2.43. The largest absolute Gasteiger partial charge is 0.376 e. The fourth-order valence-electron chi connectivity index (χ4n) is 7.18. The number of likely N-dealkylation sites (tertiary alicyclic amines) is 1. The van der Waals surface area contributed by atoms with Crippen LogP contribution in [0.15, 0.2) is 60.7 Å². The van der Waals surface area contributed by atoms with Gasteiger partial charge in [-0.3, -0.25) is 19.3 Å². The van der Waals surface area contributed by atoms with Crippen LogP contribution in [0.4, 0.5) is 5.69 Å². The minimum atomic E-state index is -4.16. The second kappa shape index (κ2) is 15.8. The molecule has 3 amide bonds. The van der Waals surface area contributed by atoms with Crippen LogP contribution >= 0.6 is 0 Å². The van der Waals surface area contributed by atoms with Gasteiger partial charge >= 0.3 is 0 Å². The molecule has 50 heavy (non-hydrogen) atoms. The van der Waals surface area contributed by atoms with E-state index in [1.54, 1.807) is 24.3 Å². The first-order valence-corrected chi connectivity index (χ1v) is 19.7. The zero-order valence-electron chi connectivity index (χ0n) is 30.6. The van der Waals surface area contributed by atoms with Gasteiger partial charge in [-0.25, -0.2) is 8.42 Å². The van der Waals surface area contributed by atoms with Crippen LogP contribution in [0.3, 0.4) is 0 Å². The molecule has 1 saturated heterocycles. The lowest BCUT2D eigenvalue weighted by Gasteiger charge is -2.54. The number of nitrogens with one attached hydrogen (secondary N) is 4. The first kappa shape index (κ1) is 39.3. The third kappa shape index (κ3) is 9.24. The predicted octanol–water partition coefficient (Wildman–Crippen LogP) is 3.99. The van der Waals surface area contributed by atoms with Crippen molar-refractivity contribution in [2.24, 2.45) is 11.8 Å². The van der Waals surface area contributed by atoms with E-state index in [4.69, 9.17) is 0 Å². The Bertz CT molecular complexity index is 1580. The molecule has 0 bridgehead atoms.